The quantitative estimate of drug-likeness (QED) is 0.800. The predicted molar refractivity (Wildman–Crippen MR) is 94.4 cm³/mol. The van der Waals surface area contributed by atoms with Crippen LogP contribution in [0.1, 0.15) is 23.3 Å². The molecular formula is C19H23N3O3. The SMILES string of the molecule is C=CCO[C@@H]1[C@H]2CC[C@H]1OCCN2C(=O)c1nn(C)c2ccccc12. The Morgan fingerprint density at radius 3 is 3.12 bits per heavy atom. The summed E-state index contributed by atoms with van der Waals surface area (Å²) in [5.41, 5.74) is 1.46. The van der Waals surface area contributed by atoms with Crippen molar-refractivity contribution in [1.29, 1.82) is 0 Å². The zero-order valence-corrected chi connectivity index (χ0v) is 14.4. The van der Waals surface area contributed by atoms with Crippen LogP contribution in [0.15, 0.2) is 36.9 Å². The van der Waals surface area contributed by atoms with Gasteiger partial charge in [0.05, 0.1) is 30.9 Å². The second-order valence-electron chi connectivity index (χ2n) is 6.63. The number of hydrogen-bond donors (Lipinski definition) is 0. The molecule has 2 aromatic rings. The van der Waals surface area contributed by atoms with Crippen molar-refractivity contribution < 1.29 is 14.3 Å². The maximum Gasteiger partial charge on any atom is 0.275 e. The van der Waals surface area contributed by atoms with Gasteiger partial charge in [-0.15, -0.1) is 6.58 Å². The Kier molecular flexibility index (Phi) is 4.31. The summed E-state index contributed by atoms with van der Waals surface area (Å²) >= 11 is 0. The number of aromatic nitrogens is 2. The third-order valence-corrected chi connectivity index (χ3v) is 5.18. The number of carbonyl (C=O) groups excluding carboxylic acids is 1. The highest BCUT2D eigenvalue weighted by Crippen LogP contribution is 2.33. The molecule has 6 nitrogen and oxygen atoms in total. The highest BCUT2D eigenvalue weighted by Gasteiger charge is 2.45. The molecule has 1 saturated carbocycles. The smallest absolute Gasteiger partial charge is 0.275 e. The number of benzene rings is 1. The molecule has 1 aliphatic carbocycles. The number of amides is 1. The van der Waals surface area contributed by atoms with E-state index in [9.17, 15) is 4.79 Å². The van der Waals surface area contributed by atoms with Crippen LogP contribution in [-0.4, -0.2) is 58.6 Å². The van der Waals surface area contributed by atoms with Crippen molar-refractivity contribution in [3.63, 3.8) is 0 Å². The fourth-order valence-electron chi connectivity index (χ4n) is 4.05. The molecule has 1 aromatic heterocycles. The second kappa shape index (κ2) is 6.61. The number of nitrogens with zero attached hydrogens (tertiary/aromatic N) is 3. The van der Waals surface area contributed by atoms with Gasteiger partial charge < -0.3 is 14.4 Å². The first-order chi connectivity index (χ1) is 12.2. The van der Waals surface area contributed by atoms with E-state index in [1.54, 1.807) is 10.8 Å². The number of rotatable bonds is 4. The van der Waals surface area contributed by atoms with Crippen LogP contribution in [-0.2, 0) is 16.5 Å². The van der Waals surface area contributed by atoms with Gasteiger partial charge in [0.1, 0.15) is 6.10 Å². The van der Waals surface area contributed by atoms with Gasteiger partial charge in [-0.3, -0.25) is 9.48 Å². The zero-order chi connectivity index (χ0) is 17.4. The van der Waals surface area contributed by atoms with E-state index < -0.39 is 0 Å². The lowest BCUT2D eigenvalue weighted by Crippen LogP contribution is -2.46. The minimum atomic E-state index is -0.0978. The Bertz CT molecular complexity index is 800. The molecule has 2 heterocycles. The lowest BCUT2D eigenvalue weighted by molar-refractivity contribution is -0.0434. The van der Waals surface area contributed by atoms with Crippen LogP contribution < -0.4 is 0 Å². The molecule has 0 spiro atoms. The van der Waals surface area contributed by atoms with Crippen molar-refractivity contribution >= 4 is 16.8 Å². The summed E-state index contributed by atoms with van der Waals surface area (Å²) < 4.78 is 13.6. The van der Waals surface area contributed by atoms with E-state index in [1.165, 1.54) is 0 Å². The molecule has 4 rings (SSSR count). The molecule has 1 aliphatic heterocycles. The van der Waals surface area contributed by atoms with Crippen LogP contribution >= 0.6 is 0 Å². The van der Waals surface area contributed by atoms with E-state index in [4.69, 9.17) is 9.47 Å². The minimum absolute atomic E-state index is 0.0284. The van der Waals surface area contributed by atoms with Crippen molar-refractivity contribution in [2.24, 2.45) is 7.05 Å². The average molecular weight is 341 g/mol. The van der Waals surface area contributed by atoms with Gasteiger partial charge in [0.15, 0.2) is 5.69 Å². The highest BCUT2D eigenvalue weighted by molar-refractivity contribution is 6.05. The standard InChI is InChI=1S/C19H23N3O3/c1-3-11-25-18-15-8-9-16(18)24-12-10-22(15)19(23)17-13-6-4-5-7-14(13)21(2)20-17/h3-7,15-16,18H,1,8-12H2,2H3/t15-,16-,18-/m1/s1. The predicted octanol–water partition coefficient (Wildman–Crippen LogP) is 2.15. The normalized spacial score (nSPS) is 26.0. The molecule has 2 fully saturated rings. The molecule has 0 unspecified atom stereocenters. The van der Waals surface area contributed by atoms with Gasteiger partial charge in [-0.25, -0.2) is 0 Å². The summed E-state index contributed by atoms with van der Waals surface area (Å²) in [6, 6.07) is 7.85. The summed E-state index contributed by atoms with van der Waals surface area (Å²) in [5.74, 6) is -0.0415. The lowest BCUT2D eigenvalue weighted by atomic mass is 10.1. The Hall–Kier alpha value is -2.18. The van der Waals surface area contributed by atoms with E-state index in [-0.39, 0.29) is 24.2 Å². The van der Waals surface area contributed by atoms with Crippen LogP contribution in [0.25, 0.3) is 10.9 Å². The van der Waals surface area contributed by atoms with Gasteiger partial charge >= 0.3 is 0 Å². The van der Waals surface area contributed by atoms with Crippen molar-refractivity contribution in [3.05, 3.63) is 42.6 Å². The molecule has 25 heavy (non-hydrogen) atoms. The van der Waals surface area contributed by atoms with Gasteiger partial charge in [0.2, 0.25) is 0 Å². The number of ether oxygens (including phenoxy) is 2. The molecule has 1 saturated heterocycles. The van der Waals surface area contributed by atoms with Gasteiger partial charge in [-0.2, -0.15) is 5.10 Å². The second-order valence-corrected chi connectivity index (χ2v) is 6.63. The Morgan fingerprint density at radius 1 is 1.44 bits per heavy atom. The first-order valence-electron chi connectivity index (χ1n) is 8.77. The van der Waals surface area contributed by atoms with E-state index in [2.05, 4.69) is 11.7 Å². The van der Waals surface area contributed by atoms with E-state index >= 15 is 0 Å². The highest BCUT2D eigenvalue weighted by atomic mass is 16.5. The van der Waals surface area contributed by atoms with Crippen LogP contribution in [0.4, 0.5) is 0 Å². The molecule has 6 heteroatoms. The van der Waals surface area contributed by atoms with Crippen LogP contribution in [0, 0.1) is 0 Å². The maximum absolute atomic E-state index is 13.3. The van der Waals surface area contributed by atoms with Gasteiger partial charge in [-0.1, -0.05) is 24.3 Å². The molecule has 2 aliphatic rings. The number of carbonyl (C=O) groups is 1. The third kappa shape index (κ3) is 2.75. The summed E-state index contributed by atoms with van der Waals surface area (Å²) in [5, 5.41) is 5.38. The summed E-state index contributed by atoms with van der Waals surface area (Å²) in [6.07, 6.45) is 3.51. The van der Waals surface area contributed by atoms with Gasteiger partial charge in [0, 0.05) is 19.0 Å². The van der Waals surface area contributed by atoms with Crippen LogP contribution in [0.5, 0.6) is 0 Å². The largest absolute Gasteiger partial charge is 0.374 e. The molecular weight excluding hydrogens is 318 g/mol. The fourth-order valence-corrected chi connectivity index (χ4v) is 4.05. The van der Waals surface area contributed by atoms with E-state index in [0.29, 0.717) is 25.5 Å². The Labute approximate surface area is 147 Å². The Balaban J connectivity index is 1.67. The van der Waals surface area contributed by atoms with Gasteiger partial charge in [0.25, 0.3) is 5.91 Å². The lowest BCUT2D eigenvalue weighted by Gasteiger charge is -2.30. The number of hydrogen-bond acceptors (Lipinski definition) is 4. The zero-order valence-electron chi connectivity index (χ0n) is 14.4. The molecule has 3 atom stereocenters. The van der Waals surface area contributed by atoms with Crippen molar-refractivity contribution in [2.45, 2.75) is 31.1 Å². The van der Waals surface area contributed by atoms with E-state index in [0.717, 1.165) is 23.7 Å². The molecule has 1 aromatic carbocycles. The topological polar surface area (TPSA) is 56.6 Å². The van der Waals surface area contributed by atoms with E-state index in [1.807, 2.05) is 36.2 Å². The number of aryl methyl sites for hydroxylation is 1. The fraction of sp³-hybridized carbons (Fsp3) is 0.474. The first kappa shape index (κ1) is 16.3. The van der Waals surface area contributed by atoms with Crippen LogP contribution in [0.2, 0.25) is 0 Å². The maximum atomic E-state index is 13.3. The summed E-state index contributed by atoms with van der Waals surface area (Å²) in [6.45, 7) is 5.29. The van der Waals surface area contributed by atoms with Gasteiger partial charge in [-0.05, 0) is 18.9 Å². The third-order valence-electron chi connectivity index (χ3n) is 5.18. The molecule has 2 bridgehead atoms. The van der Waals surface area contributed by atoms with Crippen LogP contribution in [0.3, 0.4) is 0 Å². The minimum Gasteiger partial charge on any atom is -0.374 e. The molecule has 132 valence electrons. The monoisotopic (exact) mass is 341 g/mol. The first-order valence-corrected chi connectivity index (χ1v) is 8.77. The Morgan fingerprint density at radius 2 is 2.28 bits per heavy atom. The summed E-state index contributed by atoms with van der Waals surface area (Å²) in [7, 11) is 1.87. The molecule has 1 amide bonds. The van der Waals surface area contributed by atoms with Crippen molar-refractivity contribution in [3.8, 4) is 0 Å². The molecule has 0 radical (unpaired) electrons. The number of para-hydroxylation sites is 1. The van der Waals surface area contributed by atoms with Crippen molar-refractivity contribution in [1.82, 2.24) is 14.7 Å². The molecule has 0 N–H and O–H groups in total. The summed E-state index contributed by atoms with van der Waals surface area (Å²) in [4.78, 5) is 15.2. The average Bonchev–Trinajstić information content (AvgIpc) is 3.10. The number of fused-ring (bicyclic) bond motifs is 3. The van der Waals surface area contributed by atoms with Crippen molar-refractivity contribution in [2.75, 3.05) is 19.8 Å².